The van der Waals surface area contributed by atoms with Crippen LogP contribution >= 0.6 is 11.3 Å². The summed E-state index contributed by atoms with van der Waals surface area (Å²) >= 11 is 1.55. The van der Waals surface area contributed by atoms with E-state index in [9.17, 15) is 9.59 Å². The molecule has 0 unspecified atom stereocenters. The fourth-order valence-electron chi connectivity index (χ4n) is 3.35. The molecule has 25 heavy (non-hydrogen) atoms. The van der Waals surface area contributed by atoms with Crippen LogP contribution in [0.15, 0.2) is 54.8 Å². The summed E-state index contributed by atoms with van der Waals surface area (Å²) in [4.78, 5) is 26.0. The van der Waals surface area contributed by atoms with Crippen molar-refractivity contribution in [1.82, 2.24) is 0 Å². The molecule has 0 spiro atoms. The maximum absolute atomic E-state index is 12.5. The summed E-state index contributed by atoms with van der Waals surface area (Å²) in [6.45, 7) is 3.90. The van der Waals surface area contributed by atoms with Crippen molar-refractivity contribution in [2.24, 2.45) is 0 Å². The third kappa shape index (κ3) is 1.99. The lowest BCUT2D eigenvalue weighted by molar-refractivity contribution is 0.568. The highest BCUT2D eigenvalue weighted by atomic mass is 32.1. The van der Waals surface area contributed by atoms with Gasteiger partial charge < -0.3 is 8.83 Å². The monoisotopic (exact) mass is 348 g/mol. The summed E-state index contributed by atoms with van der Waals surface area (Å²) < 4.78 is 11.8. The molecule has 0 atom stereocenters. The second-order valence-corrected chi connectivity index (χ2v) is 7.53. The van der Waals surface area contributed by atoms with Crippen LogP contribution in [-0.4, -0.2) is 0 Å². The molecule has 0 aliphatic heterocycles. The summed E-state index contributed by atoms with van der Waals surface area (Å²) in [5.74, 6) is 0. The molecule has 0 fully saturated rings. The maximum Gasteiger partial charge on any atom is 0.344 e. The van der Waals surface area contributed by atoms with Gasteiger partial charge in [-0.2, -0.15) is 0 Å². The number of hydrogen-bond acceptors (Lipinski definition) is 5. The number of thiophene rings is 1. The van der Waals surface area contributed by atoms with Gasteiger partial charge in [0.15, 0.2) is 0 Å². The first-order valence-electron chi connectivity index (χ1n) is 7.85. The average molecular weight is 348 g/mol. The van der Waals surface area contributed by atoms with Crippen LogP contribution in [0.5, 0.6) is 0 Å². The van der Waals surface area contributed by atoms with E-state index in [-0.39, 0.29) is 0 Å². The van der Waals surface area contributed by atoms with E-state index in [2.05, 4.69) is 0 Å². The fourth-order valence-corrected chi connectivity index (χ4v) is 4.32. The quantitative estimate of drug-likeness (QED) is 0.227. The molecule has 5 aromatic rings. The molecule has 122 valence electrons. The van der Waals surface area contributed by atoms with Crippen molar-refractivity contribution in [3.05, 3.63) is 67.7 Å². The Kier molecular flexibility index (Phi) is 2.77. The standard InChI is InChI=1S/C20H12O4S/c1-9-3-4-11-12-7-15-13(8-14(12)19(21)23-16(11)5-9)18-17(24-20(15)22)6-10(2)25-18/h3-8H,1-2H3. The molecule has 5 rings (SSSR count). The summed E-state index contributed by atoms with van der Waals surface area (Å²) in [5.41, 5.74) is 1.29. The van der Waals surface area contributed by atoms with Gasteiger partial charge in [-0.15, -0.1) is 11.3 Å². The highest BCUT2D eigenvalue weighted by Gasteiger charge is 2.15. The molecular weight excluding hydrogens is 336 g/mol. The van der Waals surface area contributed by atoms with Crippen molar-refractivity contribution in [3.8, 4) is 0 Å². The summed E-state index contributed by atoms with van der Waals surface area (Å²) in [7, 11) is 0. The van der Waals surface area contributed by atoms with E-state index < -0.39 is 11.3 Å². The van der Waals surface area contributed by atoms with E-state index in [0.717, 1.165) is 25.9 Å². The van der Waals surface area contributed by atoms with Crippen LogP contribution < -0.4 is 11.3 Å². The molecular formula is C20H12O4S. The lowest BCUT2D eigenvalue weighted by Crippen LogP contribution is -2.03. The molecule has 0 aliphatic carbocycles. The van der Waals surface area contributed by atoms with Crippen molar-refractivity contribution in [2.45, 2.75) is 13.8 Å². The van der Waals surface area contributed by atoms with Crippen molar-refractivity contribution in [2.75, 3.05) is 0 Å². The third-order valence-corrected chi connectivity index (χ3v) is 5.56. The van der Waals surface area contributed by atoms with Gasteiger partial charge in [0, 0.05) is 21.0 Å². The van der Waals surface area contributed by atoms with Gasteiger partial charge in [0.1, 0.15) is 11.2 Å². The Morgan fingerprint density at radius 2 is 1.40 bits per heavy atom. The highest BCUT2D eigenvalue weighted by molar-refractivity contribution is 7.19. The molecule has 5 heteroatoms. The van der Waals surface area contributed by atoms with E-state index in [1.54, 1.807) is 23.5 Å². The number of aryl methyl sites for hydroxylation is 2. The Labute approximate surface area is 144 Å². The Balaban J connectivity index is 2.08. The van der Waals surface area contributed by atoms with Crippen LogP contribution in [0.1, 0.15) is 10.4 Å². The molecule has 0 bridgehead atoms. The predicted molar refractivity (Wildman–Crippen MR) is 101 cm³/mol. The molecule has 0 aliphatic rings. The van der Waals surface area contributed by atoms with Gasteiger partial charge in [0.2, 0.25) is 0 Å². The molecule has 3 aromatic heterocycles. The summed E-state index contributed by atoms with van der Waals surface area (Å²) in [6, 6.07) is 11.0. The van der Waals surface area contributed by atoms with Crippen molar-refractivity contribution in [3.63, 3.8) is 0 Å². The number of rotatable bonds is 0. The second-order valence-electron chi connectivity index (χ2n) is 6.27. The molecule has 0 saturated heterocycles. The van der Waals surface area contributed by atoms with E-state index in [4.69, 9.17) is 8.83 Å². The normalized spacial score (nSPS) is 11.9. The maximum atomic E-state index is 12.5. The van der Waals surface area contributed by atoms with Crippen molar-refractivity contribution >= 4 is 54.1 Å². The largest absolute Gasteiger partial charge is 0.422 e. The zero-order valence-electron chi connectivity index (χ0n) is 13.5. The van der Waals surface area contributed by atoms with Crippen LogP contribution in [0.25, 0.3) is 42.8 Å². The van der Waals surface area contributed by atoms with E-state index in [1.165, 1.54) is 0 Å². The molecule has 0 N–H and O–H groups in total. The van der Waals surface area contributed by atoms with Gasteiger partial charge in [0.05, 0.1) is 15.5 Å². The zero-order chi connectivity index (χ0) is 17.3. The van der Waals surface area contributed by atoms with E-state index >= 15 is 0 Å². The topological polar surface area (TPSA) is 60.4 Å². The molecule has 3 heterocycles. The fraction of sp³-hybridized carbons (Fsp3) is 0.100. The zero-order valence-corrected chi connectivity index (χ0v) is 14.3. The number of fused-ring (bicyclic) bond motifs is 6. The Bertz CT molecular complexity index is 1450. The lowest BCUT2D eigenvalue weighted by atomic mass is 10.0. The number of benzene rings is 2. The van der Waals surface area contributed by atoms with Crippen LogP contribution in [0.2, 0.25) is 0 Å². The van der Waals surface area contributed by atoms with Gasteiger partial charge in [-0.1, -0.05) is 12.1 Å². The van der Waals surface area contributed by atoms with Crippen LogP contribution in [-0.2, 0) is 0 Å². The van der Waals surface area contributed by atoms with E-state index in [1.807, 2.05) is 38.1 Å². The first-order chi connectivity index (χ1) is 12.0. The molecule has 0 saturated carbocycles. The average Bonchev–Trinajstić information content (AvgIpc) is 2.94. The number of hydrogen-bond donors (Lipinski definition) is 0. The molecule has 0 radical (unpaired) electrons. The SMILES string of the molecule is Cc1ccc2c(c1)oc(=O)c1cc3c(cc12)c(=O)oc1cc(C)sc13. The lowest BCUT2D eigenvalue weighted by Gasteiger charge is -2.05. The van der Waals surface area contributed by atoms with Gasteiger partial charge in [0.25, 0.3) is 0 Å². The van der Waals surface area contributed by atoms with E-state index in [0.29, 0.717) is 27.3 Å². The minimum Gasteiger partial charge on any atom is -0.422 e. The van der Waals surface area contributed by atoms with Gasteiger partial charge >= 0.3 is 11.3 Å². The van der Waals surface area contributed by atoms with Crippen LogP contribution in [0.4, 0.5) is 0 Å². The smallest absolute Gasteiger partial charge is 0.344 e. The van der Waals surface area contributed by atoms with Gasteiger partial charge in [-0.25, -0.2) is 9.59 Å². The van der Waals surface area contributed by atoms with Crippen molar-refractivity contribution < 1.29 is 8.83 Å². The van der Waals surface area contributed by atoms with Crippen molar-refractivity contribution in [1.29, 1.82) is 0 Å². The molecule has 0 amide bonds. The predicted octanol–water partition coefficient (Wildman–Crippen LogP) is 4.88. The third-order valence-electron chi connectivity index (χ3n) is 4.50. The van der Waals surface area contributed by atoms with Crippen LogP contribution in [0.3, 0.4) is 0 Å². The van der Waals surface area contributed by atoms with Crippen LogP contribution in [0, 0.1) is 13.8 Å². The first kappa shape index (κ1) is 14.4. The molecule has 2 aromatic carbocycles. The second kappa shape index (κ2) is 4.80. The molecule has 4 nitrogen and oxygen atoms in total. The first-order valence-corrected chi connectivity index (χ1v) is 8.67. The Morgan fingerprint density at radius 1 is 0.720 bits per heavy atom. The minimum atomic E-state index is -0.398. The van der Waals surface area contributed by atoms with Gasteiger partial charge in [-0.3, -0.25) is 0 Å². The Hall–Kier alpha value is -2.92. The highest BCUT2D eigenvalue weighted by Crippen LogP contribution is 2.34. The Morgan fingerprint density at radius 3 is 2.20 bits per heavy atom. The summed E-state index contributed by atoms with van der Waals surface area (Å²) in [6.07, 6.45) is 0. The minimum absolute atomic E-state index is 0.393. The van der Waals surface area contributed by atoms with Gasteiger partial charge in [-0.05, 0) is 43.7 Å². The summed E-state index contributed by atoms with van der Waals surface area (Å²) in [5, 5.41) is 3.20.